The summed E-state index contributed by atoms with van der Waals surface area (Å²) in [6, 6.07) is 7.07. The van der Waals surface area contributed by atoms with Crippen LogP contribution in [0.15, 0.2) is 24.3 Å². The minimum absolute atomic E-state index is 0. The number of carbonyl (C=O) groups excluding carboxylic acids is 1. The molecule has 2 N–H and O–H groups in total. The summed E-state index contributed by atoms with van der Waals surface area (Å²) in [5.41, 5.74) is 7.14. The number of hydrogen-bond acceptors (Lipinski definition) is 3. The molecule has 86 valence electrons. The monoisotopic (exact) mass is 251 g/mol. The Kier molecular flexibility index (Phi) is 8.34. The van der Waals surface area contributed by atoms with Gasteiger partial charge in [-0.1, -0.05) is 12.1 Å². The first-order valence-electron chi connectivity index (χ1n) is 4.09. The van der Waals surface area contributed by atoms with E-state index in [2.05, 4.69) is 4.74 Å². The average molecular weight is 252 g/mol. The lowest BCUT2D eigenvalue weighted by Crippen LogP contribution is -2.07. The van der Waals surface area contributed by atoms with Gasteiger partial charge < -0.3 is 10.5 Å². The van der Waals surface area contributed by atoms with Crippen molar-refractivity contribution in [1.82, 2.24) is 0 Å². The topological polar surface area (TPSA) is 52.3 Å². The van der Waals surface area contributed by atoms with Gasteiger partial charge in [0.15, 0.2) is 0 Å². The van der Waals surface area contributed by atoms with Gasteiger partial charge in [0.25, 0.3) is 0 Å². The van der Waals surface area contributed by atoms with E-state index in [1.165, 1.54) is 7.11 Å². The summed E-state index contributed by atoms with van der Waals surface area (Å²) in [7, 11) is 1.36. The standard InChI is InChI=1S/C10H13NO2.2ClH/c1-7(11)8-4-3-5-9(6-8)10(12)13-2;;/h3-7H,11H2,1-2H3;2*1H/t7-;;/m1../s1. The molecule has 0 aromatic heterocycles. The lowest BCUT2D eigenvalue weighted by atomic mass is 10.1. The highest BCUT2D eigenvalue weighted by atomic mass is 35.5. The molecule has 0 bridgehead atoms. The first kappa shape index (κ1) is 16.7. The van der Waals surface area contributed by atoms with Crippen molar-refractivity contribution in [2.45, 2.75) is 13.0 Å². The van der Waals surface area contributed by atoms with E-state index in [-0.39, 0.29) is 36.8 Å². The number of methoxy groups -OCH3 is 1. The Morgan fingerprint density at radius 3 is 2.47 bits per heavy atom. The molecule has 0 aliphatic rings. The summed E-state index contributed by atoms with van der Waals surface area (Å²) < 4.78 is 4.59. The van der Waals surface area contributed by atoms with E-state index in [4.69, 9.17) is 5.73 Å². The number of nitrogens with two attached hydrogens (primary N) is 1. The molecule has 0 spiro atoms. The van der Waals surface area contributed by atoms with Crippen LogP contribution in [0.4, 0.5) is 0 Å². The van der Waals surface area contributed by atoms with Gasteiger partial charge >= 0.3 is 5.97 Å². The van der Waals surface area contributed by atoms with Crippen LogP contribution < -0.4 is 5.73 Å². The van der Waals surface area contributed by atoms with E-state index >= 15 is 0 Å². The maximum absolute atomic E-state index is 11.1. The molecule has 0 heterocycles. The van der Waals surface area contributed by atoms with Crippen molar-refractivity contribution < 1.29 is 9.53 Å². The maximum Gasteiger partial charge on any atom is 0.337 e. The first-order chi connectivity index (χ1) is 6.15. The molecular formula is C10H15Cl2NO2. The molecule has 3 nitrogen and oxygen atoms in total. The highest BCUT2D eigenvalue weighted by molar-refractivity contribution is 5.89. The molecule has 0 aliphatic carbocycles. The van der Waals surface area contributed by atoms with Crippen LogP contribution in [-0.4, -0.2) is 13.1 Å². The van der Waals surface area contributed by atoms with Crippen molar-refractivity contribution >= 4 is 30.8 Å². The highest BCUT2D eigenvalue weighted by Gasteiger charge is 2.06. The van der Waals surface area contributed by atoms with Crippen molar-refractivity contribution in [2.24, 2.45) is 5.73 Å². The molecule has 0 amide bonds. The van der Waals surface area contributed by atoms with Crippen LogP contribution in [0.1, 0.15) is 28.9 Å². The molecule has 0 unspecified atom stereocenters. The summed E-state index contributed by atoms with van der Waals surface area (Å²) in [5, 5.41) is 0. The van der Waals surface area contributed by atoms with Crippen LogP contribution >= 0.6 is 24.8 Å². The Bertz CT molecular complexity index is 316. The van der Waals surface area contributed by atoms with Crippen molar-refractivity contribution in [1.29, 1.82) is 0 Å². The van der Waals surface area contributed by atoms with Crippen LogP contribution in [0.2, 0.25) is 0 Å². The van der Waals surface area contributed by atoms with Gasteiger partial charge in [-0.3, -0.25) is 0 Å². The number of ether oxygens (including phenoxy) is 1. The third kappa shape index (κ3) is 4.51. The molecule has 1 rings (SSSR count). The number of esters is 1. The quantitative estimate of drug-likeness (QED) is 0.822. The second kappa shape index (κ2) is 7.51. The first-order valence-corrected chi connectivity index (χ1v) is 4.09. The predicted octanol–water partition coefficient (Wildman–Crippen LogP) is 2.34. The van der Waals surface area contributed by atoms with Crippen molar-refractivity contribution in [3.63, 3.8) is 0 Å². The summed E-state index contributed by atoms with van der Waals surface area (Å²) in [5.74, 6) is -0.331. The van der Waals surface area contributed by atoms with E-state index in [0.717, 1.165) is 5.56 Å². The van der Waals surface area contributed by atoms with Gasteiger partial charge in [-0.15, -0.1) is 24.8 Å². The molecule has 5 heteroatoms. The van der Waals surface area contributed by atoms with E-state index in [1.54, 1.807) is 18.2 Å². The Labute approximate surface area is 102 Å². The lowest BCUT2D eigenvalue weighted by Gasteiger charge is -2.06. The van der Waals surface area contributed by atoms with E-state index < -0.39 is 0 Å². The highest BCUT2D eigenvalue weighted by Crippen LogP contribution is 2.12. The molecule has 0 radical (unpaired) electrons. The molecule has 1 atom stereocenters. The van der Waals surface area contributed by atoms with Gasteiger partial charge in [-0.25, -0.2) is 4.79 Å². The Hall–Kier alpha value is -0.770. The summed E-state index contributed by atoms with van der Waals surface area (Å²) in [4.78, 5) is 11.1. The van der Waals surface area contributed by atoms with E-state index in [0.29, 0.717) is 5.56 Å². The molecule has 1 aromatic rings. The van der Waals surface area contributed by atoms with Gasteiger partial charge in [0.1, 0.15) is 0 Å². The van der Waals surface area contributed by atoms with E-state index in [9.17, 15) is 4.79 Å². The minimum atomic E-state index is -0.331. The summed E-state index contributed by atoms with van der Waals surface area (Å²) in [6.45, 7) is 1.87. The lowest BCUT2D eigenvalue weighted by molar-refractivity contribution is 0.0600. The van der Waals surface area contributed by atoms with Gasteiger partial charge in [-0.2, -0.15) is 0 Å². The average Bonchev–Trinajstić information content (AvgIpc) is 2.17. The van der Waals surface area contributed by atoms with Crippen LogP contribution in [0.5, 0.6) is 0 Å². The Morgan fingerprint density at radius 1 is 1.40 bits per heavy atom. The molecule has 15 heavy (non-hydrogen) atoms. The maximum atomic E-state index is 11.1. The zero-order chi connectivity index (χ0) is 9.84. The van der Waals surface area contributed by atoms with Crippen LogP contribution in [-0.2, 0) is 4.74 Å². The molecular weight excluding hydrogens is 237 g/mol. The Balaban J connectivity index is 0. The van der Waals surface area contributed by atoms with Crippen molar-refractivity contribution in [3.05, 3.63) is 35.4 Å². The number of halogens is 2. The second-order valence-electron chi connectivity index (χ2n) is 2.91. The number of carbonyl (C=O) groups is 1. The van der Waals surface area contributed by atoms with Crippen LogP contribution in [0.25, 0.3) is 0 Å². The predicted molar refractivity (Wildman–Crippen MR) is 64.9 cm³/mol. The summed E-state index contributed by atoms with van der Waals surface area (Å²) >= 11 is 0. The zero-order valence-electron chi connectivity index (χ0n) is 8.60. The second-order valence-corrected chi connectivity index (χ2v) is 2.91. The fourth-order valence-electron chi connectivity index (χ4n) is 1.07. The van der Waals surface area contributed by atoms with Crippen molar-refractivity contribution in [3.8, 4) is 0 Å². The zero-order valence-corrected chi connectivity index (χ0v) is 10.2. The molecule has 0 fully saturated rings. The summed E-state index contributed by atoms with van der Waals surface area (Å²) in [6.07, 6.45) is 0. The van der Waals surface area contributed by atoms with Gasteiger partial charge in [-0.05, 0) is 24.6 Å². The minimum Gasteiger partial charge on any atom is -0.465 e. The normalized spacial score (nSPS) is 10.6. The third-order valence-corrected chi connectivity index (χ3v) is 1.83. The van der Waals surface area contributed by atoms with Crippen molar-refractivity contribution in [2.75, 3.05) is 7.11 Å². The third-order valence-electron chi connectivity index (χ3n) is 1.83. The molecule has 0 aliphatic heterocycles. The van der Waals surface area contributed by atoms with Gasteiger partial charge in [0, 0.05) is 6.04 Å². The van der Waals surface area contributed by atoms with E-state index in [1.807, 2.05) is 13.0 Å². The van der Waals surface area contributed by atoms with Crippen LogP contribution in [0.3, 0.4) is 0 Å². The molecule has 0 saturated carbocycles. The fraction of sp³-hybridized carbons (Fsp3) is 0.300. The number of rotatable bonds is 2. The Morgan fingerprint density at radius 2 is 2.00 bits per heavy atom. The largest absolute Gasteiger partial charge is 0.465 e. The number of hydrogen-bond donors (Lipinski definition) is 1. The van der Waals surface area contributed by atoms with Gasteiger partial charge in [0.05, 0.1) is 12.7 Å². The molecule has 0 saturated heterocycles. The number of benzene rings is 1. The SMILES string of the molecule is COC(=O)c1cccc([C@@H](C)N)c1.Cl.Cl. The van der Waals surface area contributed by atoms with Gasteiger partial charge in [0.2, 0.25) is 0 Å². The van der Waals surface area contributed by atoms with Crippen LogP contribution in [0, 0.1) is 0 Å². The molecule has 1 aromatic carbocycles. The smallest absolute Gasteiger partial charge is 0.337 e. The fourth-order valence-corrected chi connectivity index (χ4v) is 1.07.